The van der Waals surface area contributed by atoms with Gasteiger partial charge < -0.3 is 16.2 Å². The van der Waals surface area contributed by atoms with Crippen LogP contribution < -0.4 is 11.1 Å². The zero-order valence-corrected chi connectivity index (χ0v) is 9.11. The number of hydrogen-bond acceptors (Lipinski definition) is 4. The number of carbonyl (C=O) groups is 1. The van der Waals surface area contributed by atoms with Gasteiger partial charge in [-0.15, -0.1) is 0 Å². The summed E-state index contributed by atoms with van der Waals surface area (Å²) in [6.07, 6.45) is 2.41. The van der Waals surface area contributed by atoms with Crippen LogP contribution in [-0.4, -0.2) is 54.7 Å². The van der Waals surface area contributed by atoms with Crippen molar-refractivity contribution in [3.05, 3.63) is 0 Å². The average molecular weight is 215 g/mol. The van der Waals surface area contributed by atoms with E-state index in [0.29, 0.717) is 19.1 Å². The minimum absolute atomic E-state index is 0.212. The highest BCUT2D eigenvalue weighted by molar-refractivity contribution is 5.66. The van der Waals surface area contributed by atoms with Crippen LogP contribution in [0.4, 0.5) is 0 Å². The minimum atomic E-state index is -0.731. The molecule has 1 aliphatic heterocycles. The molecule has 0 aromatic heterocycles. The molecular formula is C10H21N3O2. The van der Waals surface area contributed by atoms with Gasteiger partial charge in [0.2, 0.25) is 0 Å². The Labute approximate surface area is 90.6 Å². The van der Waals surface area contributed by atoms with E-state index in [4.69, 9.17) is 10.8 Å². The van der Waals surface area contributed by atoms with Crippen molar-refractivity contribution in [3.8, 4) is 0 Å². The molecule has 0 aromatic carbocycles. The minimum Gasteiger partial charge on any atom is -0.481 e. The van der Waals surface area contributed by atoms with Crippen LogP contribution >= 0.6 is 0 Å². The van der Waals surface area contributed by atoms with Gasteiger partial charge >= 0.3 is 5.97 Å². The van der Waals surface area contributed by atoms with Gasteiger partial charge in [-0.2, -0.15) is 0 Å². The molecule has 0 saturated carbocycles. The summed E-state index contributed by atoms with van der Waals surface area (Å²) in [5, 5.41) is 12.0. The molecule has 0 atom stereocenters. The fraction of sp³-hybridized carbons (Fsp3) is 0.900. The lowest BCUT2D eigenvalue weighted by Crippen LogP contribution is -2.45. The van der Waals surface area contributed by atoms with Gasteiger partial charge in [-0.1, -0.05) is 0 Å². The second kappa shape index (κ2) is 6.76. The van der Waals surface area contributed by atoms with Gasteiger partial charge in [0, 0.05) is 25.7 Å². The Morgan fingerprint density at radius 2 is 2.07 bits per heavy atom. The molecule has 5 heteroatoms. The summed E-state index contributed by atoms with van der Waals surface area (Å²) in [5.74, 6) is -0.731. The van der Waals surface area contributed by atoms with E-state index >= 15 is 0 Å². The van der Waals surface area contributed by atoms with Crippen LogP contribution in [0.15, 0.2) is 0 Å². The van der Waals surface area contributed by atoms with Crippen molar-refractivity contribution >= 4 is 5.97 Å². The van der Waals surface area contributed by atoms with Gasteiger partial charge in [-0.05, 0) is 25.9 Å². The van der Waals surface area contributed by atoms with Crippen molar-refractivity contribution in [2.45, 2.75) is 25.3 Å². The van der Waals surface area contributed by atoms with E-state index < -0.39 is 5.97 Å². The van der Waals surface area contributed by atoms with Gasteiger partial charge in [-0.25, -0.2) is 0 Å². The quantitative estimate of drug-likeness (QED) is 0.555. The molecule has 0 aliphatic carbocycles. The van der Waals surface area contributed by atoms with Crippen molar-refractivity contribution in [2.24, 2.45) is 5.73 Å². The normalized spacial score (nSPS) is 18.3. The van der Waals surface area contributed by atoms with E-state index in [1.165, 1.54) is 0 Å². The fourth-order valence-corrected chi connectivity index (χ4v) is 2.05. The van der Waals surface area contributed by atoms with Crippen molar-refractivity contribution in [1.29, 1.82) is 0 Å². The number of aliphatic carboxylic acids is 1. The molecule has 1 saturated heterocycles. The molecule has 0 unspecified atom stereocenters. The lowest BCUT2D eigenvalue weighted by Gasteiger charge is -2.34. The molecule has 1 heterocycles. The van der Waals surface area contributed by atoms with Gasteiger partial charge in [0.05, 0.1) is 6.42 Å². The second-order valence-electron chi connectivity index (χ2n) is 3.95. The van der Waals surface area contributed by atoms with Crippen molar-refractivity contribution in [1.82, 2.24) is 10.2 Å². The summed E-state index contributed by atoms with van der Waals surface area (Å²) >= 11 is 0. The predicted octanol–water partition coefficient (Wildman–Crippen LogP) is -0.526. The Kier molecular flexibility index (Phi) is 5.60. The highest BCUT2D eigenvalue weighted by atomic mass is 16.4. The van der Waals surface area contributed by atoms with E-state index in [0.717, 1.165) is 32.5 Å². The van der Waals surface area contributed by atoms with Crippen LogP contribution in [0, 0.1) is 0 Å². The highest BCUT2D eigenvalue weighted by Gasteiger charge is 2.20. The summed E-state index contributed by atoms with van der Waals surface area (Å²) in [5.41, 5.74) is 5.54. The average Bonchev–Trinajstić information content (AvgIpc) is 2.25. The van der Waals surface area contributed by atoms with Crippen LogP contribution in [0.2, 0.25) is 0 Å². The summed E-state index contributed by atoms with van der Waals surface area (Å²) in [4.78, 5) is 12.7. The molecule has 1 rings (SSSR count). The van der Waals surface area contributed by atoms with Crippen LogP contribution in [0.1, 0.15) is 19.3 Å². The molecule has 0 bridgehead atoms. The maximum absolute atomic E-state index is 10.5. The zero-order chi connectivity index (χ0) is 11.1. The Morgan fingerprint density at radius 3 is 2.60 bits per heavy atom. The lowest BCUT2D eigenvalue weighted by molar-refractivity contribution is -0.137. The third-order valence-corrected chi connectivity index (χ3v) is 2.85. The van der Waals surface area contributed by atoms with Crippen molar-refractivity contribution in [3.63, 3.8) is 0 Å². The molecule has 1 aliphatic rings. The first-order chi connectivity index (χ1) is 7.24. The third-order valence-electron chi connectivity index (χ3n) is 2.85. The molecule has 1 fully saturated rings. The number of nitrogens with one attached hydrogen (secondary N) is 1. The standard InChI is InChI=1S/C10H21N3O2/c11-4-8-13(7-3-10(14)15)9-1-5-12-6-2-9/h9,12H,1-8,11H2,(H,14,15). The zero-order valence-electron chi connectivity index (χ0n) is 9.11. The first-order valence-corrected chi connectivity index (χ1v) is 5.60. The maximum Gasteiger partial charge on any atom is 0.304 e. The summed E-state index contributed by atoms with van der Waals surface area (Å²) in [6.45, 7) is 4.08. The van der Waals surface area contributed by atoms with Crippen LogP contribution in [-0.2, 0) is 4.79 Å². The summed E-state index contributed by atoms with van der Waals surface area (Å²) in [7, 11) is 0. The van der Waals surface area contributed by atoms with Crippen LogP contribution in [0.3, 0.4) is 0 Å². The highest BCUT2D eigenvalue weighted by Crippen LogP contribution is 2.11. The molecule has 15 heavy (non-hydrogen) atoms. The Morgan fingerprint density at radius 1 is 1.40 bits per heavy atom. The number of carboxylic acid groups (broad SMARTS) is 1. The monoisotopic (exact) mass is 215 g/mol. The summed E-state index contributed by atoms with van der Waals surface area (Å²) < 4.78 is 0. The fourth-order valence-electron chi connectivity index (χ4n) is 2.05. The molecule has 0 amide bonds. The Balaban J connectivity index is 2.36. The number of piperidine rings is 1. The van der Waals surface area contributed by atoms with E-state index in [9.17, 15) is 4.79 Å². The number of carboxylic acids is 1. The maximum atomic E-state index is 10.5. The van der Waals surface area contributed by atoms with Crippen molar-refractivity contribution in [2.75, 3.05) is 32.7 Å². The topological polar surface area (TPSA) is 78.6 Å². The van der Waals surface area contributed by atoms with Gasteiger partial charge in [0.1, 0.15) is 0 Å². The van der Waals surface area contributed by atoms with E-state index in [1.807, 2.05) is 0 Å². The van der Waals surface area contributed by atoms with E-state index in [2.05, 4.69) is 10.2 Å². The van der Waals surface area contributed by atoms with Crippen molar-refractivity contribution < 1.29 is 9.90 Å². The summed E-state index contributed by atoms with van der Waals surface area (Å²) in [6, 6.07) is 0.508. The number of rotatable bonds is 6. The second-order valence-corrected chi connectivity index (χ2v) is 3.95. The molecule has 88 valence electrons. The van der Waals surface area contributed by atoms with E-state index in [-0.39, 0.29) is 6.42 Å². The molecule has 0 radical (unpaired) electrons. The van der Waals surface area contributed by atoms with Gasteiger partial charge in [0.25, 0.3) is 0 Å². The van der Waals surface area contributed by atoms with Gasteiger partial charge in [-0.3, -0.25) is 9.69 Å². The lowest BCUT2D eigenvalue weighted by atomic mass is 10.0. The number of nitrogens with two attached hydrogens (primary N) is 1. The Hall–Kier alpha value is -0.650. The van der Waals surface area contributed by atoms with Gasteiger partial charge in [0.15, 0.2) is 0 Å². The number of nitrogens with zero attached hydrogens (tertiary/aromatic N) is 1. The molecule has 0 aromatic rings. The SMILES string of the molecule is NCCN(CCC(=O)O)C1CCNCC1. The molecular weight excluding hydrogens is 194 g/mol. The first-order valence-electron chi connectivity index (χ1n) is 5.60. The third kappa shape index (κ3) is 4.59. The van der Waals surface area contributed by atoms with Crippen LogP contribution in [0.5, 0.6) is 0 Å². The largest absolute Gasteiger partial charge is 0.481 e. The smallest absolute Gasteiger partial charge is 0.304 e. The first kappa shape index (κ1) is 12.4. The molecule has 4 N–H and O–H groups in total. The predicted molar refractivity (Wildman–Crippen MR) is 58.8 cm³/mol. The van der Waals surface area contributed by atoms with Crippen LogP contribution in [0.25, 0.3) is 0 Å². The van der Waals surface area contributed by atoms with E-state index in [1.54, 1.807) is 0 Å². The molecule has 0 spiro atoms. The Bertz CT molecular complexity index is 193. The number of hydrogen-bond donors (Lipinski definition) is 3. The molecule has 5 nitrogen and oxygen atoms in total.